The lowest BCUT2D eigenvalue weighted by Crippen LogP contribution is -2.35. The largest absolute Gasteiger partial charge is 0.497 e. The SMILES string of the molecule is COc1cccc(-c2cc(F)ccc2[C@H]2Cc3nc(N)nc(C)c3C(NOC[C@H]3COC(C)(C)O3)=N2)c1. The van der Waals surface area contributed by atoms with Crippen molar-refractivity contribution < 1.29 is 23.4 Å². The number of aryl methyl sites for hydroxylation is 1. The third kappa shape index (κ3) is 5.41. The maximum absolute atomic E-state index is 14.4. The van der Waals surface area contributed by atoms with E-state index in [1.54, 1.807) is 13.2 Å². The molecule has 0 saturated carbocycles. The van der Waals surface area contributed by atoms with Gasteiger partial charge in [-0.2, -0.15) is 0 Å². The highest BCUT2D eigenvalue weighted by molar-refractivity contribution is 6.01. The van der Waals surface area contributed by atoms with Crippen molar-refractivity contribution in [1.29, 1.82) is 0 Å². The van der Waals surface area contributed by atoms with E-state index in [0.29, 0.717) is 35.9 Å². The van der Waals surface area contributed by atoms with E-state index in [1.807, 2.05) is 45.0 Å². The van der Waals surface area contributed by atoms with Gasteiger partial charge in [0, 0.05) is 6.42 Å². The molecule has 0 aliphatic carbocycles. The minimum Gasteiger partial charge on any atom is -0.497 e. The van der Waals surface area contributed by atoms with E-state index in [0.717, 1.165) is 22.4 Å². The van der Waals surface area contributed by atoms with Crippen LogP contribution < -0.4 is 16.0 Å². The summed E-state index contributed by atoms with van der Waals surface area (Å²) in [5.41, 5.74) is 13.5. The number of hydrogen-bond acceptors (Lipinski definition) is 9. The molecule has 1 aromatic heterocycles. The van der Waals surface area contributed by atoms with Gasteiger partial charge in [0.25, 0.3) is 0 Å². The molecule has 0 bridgehead atoms. The van der Waals surface area contributed by atoms with Crippen LogP contribution in [0.3, 0.4) is 0 Å². The Labute approximate surface area is 214 Å². The van der Waals surface area contributed by atoms with Gasteiger partial charge >= 0.3 is 0 Å². The van der Waals surface area contributed by atoms with Gasteiger partial charge < -0.3 is 19.9 Å². The van der Waals surface area contributed by atoms with Crippen molar-refractivity contribution in [3.8, 4) is 16.9 Å². The average Bonchev–Trinajstić information content (AvgIpc) is 3.21. The molecule has 2 aliphatic rings. The van der Waals surface area contributed by atoms with Crippen molar-refractivity contribution >= 4 is 11.8 Å². The Bertz CT molecular complexity index is 1350. The van der Waals surface area contributed by atoms with Crippen molar-refractivity contribution in [2.24, 2.45) is 4.99 Å². The number of methoxy groups -OCH3 is 1. The van der Waals surface area contributed by atoms with E-state index in [4.69, 9.17) is 29.8 Å². The van der Waals surface area contributed by atoms with Crippen LogP contribution in [0.4, 0.5) is 10.3 Å². The lowest BCUT2D eigenvalue weighted by Gasteiger charge is -2.26. The topological polar surface area (TPSA) is 113 Å². The normalized spacial score (nSPS) is 20.3. The van der Waals surface area contributed by atoms with Gasteiger partial charge in [-0.15, -0.1) is 0 Å². The number of anilines is 1. The van der Waals surface area contributed by atoms with Crippen LogP contribution >= 0.6 is 0 Å². The zero-order valence-electron chi connectivity index (χ0n) is 21.2. The molecule has 0 radical (unpaired) electrons. The zero-order chi connectivity index (χ0) is 26.2. The molecule has 5 rings (SSSR count). The molecule has 194 valence electrons. The summed E-state index contributed by atoms with van der Waals surface area (Å²) < 4.78 is 31.2. The quantitative estimate of drug-likeness (QED) is 0.483. The maximum Gasteiger partial charge on any atom is 0.220 e. The molecule has 10 heteroatoms. The fraction of sp³-hybridized carbons (Fsp3) is 0.370. The molecule has 3 N–H and O–H groups in total. The second kappa shape index (κ2) is 10.0. The Morgan fingerprint density at radius 1 is 1.19 bits per heavy atom. The molecule has 0 unspecified atom stereocenters. The zero-order valence-corrected chi connectivity index (χ0v) is 21.2. The fourth-order valence-electron chi connectivity index (χ4n) is 4.73. The Balaban J connectivity index is 1.49. The highest BCUT2D eigenvalue weighted by Gasteiger charge is 2.33. The van der Waals surface area contributed by atoms with Gasteiger partial charge in [-0.25, -0.2) is 19.8 Å². The van der Waals surface area contributed by atoms with Crippen LogP contribution in [0.5, 0.6) is 5.75 Å². The Morgan fingerprint density at radius 3 is 2.78 bits per heavy atom. The number of aliphatic imine (C=N–C) groups is 1. The molecule has 2 aromatic carbocycles. The number of nitrogens with one attached hydrogen (secondary N) is 1. The average molecular weight is 508 g/mol. The lowest BCUT2D eigenvalue weighted by atomic mass is 9.89. The highest BCUT2D eigenvalue weighted by atomic mass is 19.1. The summed E-state index contributed by atoms with van der Waals surface area (Å²) in [6, 6.07) is 11.8. The second-order valence-electron chi connectivity index (χ2n) is 9.51. The van der Waals surface area contributed by atoms with Gasteiger partial charge in [0.05, 0.1) is 36.7 Å². The van der Waals surface area contributed by atoms with Crippen LogP contribution in [-0.4, -0.2) is 48.0 Å². The molecule has 1 saturated heterocycles. The van der Waals surface area contributed by atoms with E-state index in [2.05, 4.69) is 15.4 Å². The molecular formula is C27H30FN5O4. The van der Waals surface area contributed by atoms with Gasteiger partial charge in [0.1, 0.15) is 24.3 Å². The van der Waals surface area contributed by atoms with E-state index in [-0.39, 0.29) is 30.5 Å². The summed E-state index contributed by atoms with van der Waals surface area (Å²) in [4.78, 5) is 19.6. The summed E-state index contributed by atoms with van der Waals surface area (Å²) >= 11 is 0. The van der Waals surface area contributed by atoms with Crippen molar-refractivity contribution in [2.75, 3.05) is 26.1 Å². The number of nitrogens with zero attached hydrogens (tertiary/aromatic N) is 3. The van der Waals surface area contributed by atoms with E-state index < -0.39 is 5.79 Å². The molecular weight excluding hydrogens is 477 g/mol. The van der Waals surface area contributed by atoms with Gasteiger partial charge in [-0.3, -0.25) is 9.83 Å². The number of nitrogen functional groups attached to an aromatic ring is 1. The number of rotatable bonds is 6. The highest BCUT2D eigenvalue weighted by Crippen LogP contribution is 2.37. The van der Waals surface area contributed by atoms with Crippen LogP contribution in [0, 0.1) is 12.7 Å². The summed E-state index contributed by atoms with van der Waals surface area (Å²) in [5, 5.41) is 0. The Morgan fingerprint density at radius 2 is 2.03 bits per heavy atom. The third-order valence-corrected chi connectivity index (χ3v) is 6.35. The van der Waals surface area contributed by atoms with Gasteiger partial charge in [-0.1, -0.05) is 18.2 Å². The monoisotopic (exact) mass is 507 g/mol. The van der Waals surface area contributed by atoms with Crippen LogP contribution in [0.2, 0.25) is 0 Å². The Hall–Kier alpha value is -3.60. The number of aromatic nitrogens is 2. The maximum atomic E-state index is 14.4. The summed E-state index contributed by atoms with van der Waals surface area (Å²) in [5.74, 6) is 0.353. The number of ether oxygens (including phenoxy) is 3. The minimum atomic E-state index is -0.644. The van der Waals surface area contributed by atoms with Crippen LogP contribution in [0.1, 0.15) is 42.4 Å². The number of hydroxylamine groups is 1. The Kier molecular flexibility index (Phi) is 6.80. The summed E-state index contributed by atoms with van der Waals surface area (Å²) in [6.45, 7) is 6.26. The number of halogens is 1. The van der Waals surface area contributed by atoms with Gasteiger partial charge in [0.15, 0.2) is 11.6 Å². The third-order valence-electron chi connectivity index (χ3n) is 6.35. The molecule has 1 fully saturated rings. The number of nitrogens with two attached hydrogens (primary N) is 1. The van der Waals surface area contributed by atoms with Crippen molar-refractivity contribution in [2.45, 2.75) is 45.1 Å². The first-order chi connectivity index (χ1) is 17.7. The van der Waals surface area contributed by atoms with Gasteiger partial charge in [-0.05, 0) is 61.7 Å². The lowest BCUT2D eigenvalue weighted by molar-refractivity contribution is -0.146. The fourth-order valence-corrected chi connectivity index (χ4v) is 4.73. The molecule has 37 heavy (non-hydrogen) atoms. The van der Waals surface area contributed by atoms with Crippen LogP contribution in [0.15, 0.2) is 47.5 Å². The van der Waals surface area contributed by atoms with E-state index in [1.165, 1.54) is 12.1 Å². The number of amidine groups is 1. The summed E-state index contributed by atoms with van der Waals surface area (Å²) in [7, 11) is 1.60. The number of benzene rings is 2. The van der Waals surface area contributed by atoms with Gasteiger partial charge in [0.2, 0.25) is 5.95 Å². The predicted molar refractivity (Wildman–Crippen MR) is 137 cm³/mol. The predicted octanol–water partition coefficient (Wildman–Crippen LogP) is 3.90. The van der Waals surface area contributed by atoms with Crippen molar-refractivity contribution in [3.63, 3.8) is 0 Å². The van der Waals surface area contributed by atoms with Crippen LogP contribution in [-0.2, 0) is 20.7 Å². The molecule has 0 amide bonds. The molecule has 9 nitrogen and oxygen atoms in total. The first kappa shape index (κ1) is 25.1. The van der Waals surface area contributed by atoms with E-state index in [9.17, 15) is 4.39 Å². The number of fused-ring (bicyclic) bond motifs is 1. The van der Waals surface area contributed by atoms with E-state index >= 15 is 0 Å². The minimum absolute atomic E-state index is 0.183. The van der Waals surface area contributed by atoms with Crippen molar-refractivity contribution in [3.05, 3.63) is 70.8 Å². The van der Waals surface area contributed by atoms with Crippen molar-refractivity contribution in [1.82, 2.24) is 15.4 Å². The molecule has 2 aliphatic heterocycles. The smallest absolute Gasteiger partial charge is 0.220 e. The standard InChI is InChI=1S/C27H30FN5O4/c1-15-24-23(32-26(29)30-15)12-22(31-25(24)33-36-14-19-13-35-27(2,3)37-19)20-9-8-17(28)11-21(20)16-6-5-7-18(10-16)34-4/h5-11,19,22H,12-14H2,1-4H3,(H,31,33)(H2,29,30,32)/t19-,22-/m1/s1. The second-order valence-corrected chi connectivity index (χ2v) is 9.51. The molecule has 0 spiro atoms. The first-order valence-electron chi connectivity index (χ1n) is 12.1. The number of hydrogen-bond donors (Lipinski definition) is 2. The first-order valence-corrected chi connectivity index (χ1v) is 12.1. The summed E-state index contributed by atoms with van der Waals surface area (Å²) in [6.07, 6.45) is 0.243. The van der Waals surface area contributed by atoms with Crippen LogP contribution in [0.25, 0.3) is 11.1 Å². The molecule has 2 atom stereocenters. The molecule has 3 aromatic rings. The molecule has 3 heterocycles.